The Labute approximate surface area is 196 Å². The van der Waals surface area contributed by atoms with Crippen molar-refractivity contribution in [3.8, 4) is 0 Å². The number of aryl methyl sites for hydroxylation is 1. The highest BCUT2D eigenvalue weighted by molar-refractivity contribution is 5.93. The van der Waals surface area contributed by atoms with Crippen molar-refractivity contribution in [3.05, 3.63) is 65.7 Å². The monoisotopic (exact) mass is 443 g/mol. The fourth-order valence-corrected chi connectivity index (χ4v) is 6.37. The average molecular weight is 444 g/mol. The number of amidine groups is 1. The Hall–Kier alpha value is -2.86. The first kappa shape index (κ1) is 20.7. The molecular formula is C27H33N5O. The second-order valence-corrected chi connectivity index (χ2v) is 9.93. The quantitative estimate of drug-likeness (QED) is 0.763. The molecule has 2 aromatic rings. The van der Waals surface area contributed by atoms with Gasteiger partial charge in [-0.1, -0.05) is 42.5 Å². The van der Waals surface area contributed by atoms with Gasteiger partial charge in [0.1, 0.15) is 5.54 Å². The topological polar surface area (TPSA) is 60.0 Å². The van der Waals surface area contributed by atoms with Crippen molar-refractivity contribution in [1.29, 1.82) is 0 Å². The molecule has 3 fully saturated rings. The number of nitrogens with one attached hydrogen (secondary N) is 2. The van der Waals surface area contributed by atoms with Gasteiger partial charge in [-0.3, -0.25) is 9.79 Å². The fraction of sp³-hybridized carbons (Fsp3) is 0.481. The van der Waals surface area contributed by atoms with Crippen LogP contribution in [0.3, 0.4) is 0 Å². The third kappa shape index (κ3) is 3.70. The van der Waals surface area contributed by atoms with E-state index in [1.807, 2.05) is 18.2 Å². The number of benzene rings is 2. The van der Waals surface area contributed by atoms with Crippen LogP contribution in [0.15, 0.2) is 59.6 Å². The molecule has 6 rings (SSSR count). The number of nitrogens with zero attached hydrogens (tertiary/aromatic N) is 3. The molecule has 0 unspecified atom stereocenters. The molecule has 3 heterocycles. The smallest absolute Gasteiger partial charge is 0.247 e. The van der Waals surface area contributed by atoms with Crippen molar-refractivity contribution in [3.63, 3.8) is 0 Å². The van der Waals surface area contributed by atoms with Gasteiger partial charge in [-0.05, 0) is 48.9 Å². The molecule has 2 atom stereocenters. The highest BCUT2D eigenvalue weighted by atomic mass is 16.2. The number of carbonyl (C=O) groups excluding carboxylic acids is 1. The van der Waals surface area contributed by atoms with Gasteiger partial charge < -0.3 is 20.4 Å². The lowest BCUT2D eigenvalue weighted by molar-refractivity contribution is -0.125. The molecule has 6 heteroatoms. The minimum absolute atomic E-state index is 0.185. The van der Waals surface area contributed by atoms with Gasteiger partial charge in [-0.25, -0.2) is 0 Å². The number of hydrogen-bond donors (Lipinski definition) is 2. The molecule has 2 N–H and O–H groups in total. The van der Waals surface area contributed by atoms with E-state index in [9.17, 15) is 4.79 Å². The number of rotatable bonds is 4. The van der Waals surface area contributed by atoms with E-state index in [1.165, 1.54) is 29.8 Å². The molecule has 0 aromatic heterocycles. The Bertz CT molecular complexity index is 1040. The lowest BCUT2D eigenvalue weighted by Crippen LogP contribution is -2.56. The first-order chi connectivity index (χ1) is 16.2. The number of para-hydroxylation sites is 1. The molecule has 3 aliphatic heterocycles. The van der Waals surface area contributed by atoms with E-state index in [1.54, 1.807) is 0 Å². The number of piperidine rings is 1. The Morgan fingerprint density at radius 3 is 2.67 bits per heavy atom. The predicted octanol–water partition coefficient (Wildman–Crippen LogP) is 2.91. The number of likely N-dealkylation sites (tertiary alicyclic amines) is 1. The summed E-state index contributed by atoms with van der Waals surface area (Å²) in [6.45, 7) is 4.26. The zero-order chi connectivity index (χ0) is 22.3. The van der Waals surface area contributed by atoms with Crippen LogP contribution in [0.2, 0.25) is 0 Å². The van der Waals surface area contributed by atoms with Gasteiger partial charge in [0.25, 0.3) is 0 Å². The lowest BCUT2D eigenvalue weighted by Gasteiger charge is -2.43. The van der Waals surface area contributed by atoms with Crippen molar-refractivity contribution in [1.82, 2.24) is 15.5 Å². The standard InChI is InChI=1S/C27H33N5O/c33-26-27(32(19-29-26)21-7-2-1-3-8-21)12-15-31(16-13-27)17-14-28-25-18-23-22-9-5-4-6-20(22)10-11-24(23)30-25/h1-9,23-24H,10-19H2,(H,28,30)(H,29,33)/t23-,24+/m0/s1. The largest absolute Gasteiger partial charge is 0.370 e. The summed E-state index contributed by atoms with van der Waals surface area (Å²) < 4.78 is 0. The van der Waals surface area contributed by atoms with Gasteiger partial charge in [0.15, 0.2) is 0 Å². The molecule has 4 aliphatic rings. The zero-order valence-electron chi connectivity index (χ0n) is 19.2. The first-order valence-corrected chi connectivity index (χ1v) is 12.4. The predicted molar refractivity (Wildman–Crippen MR) is 132 cm³/mol. The van der Waals surface area contributed by atoms with E-state index in [0.29, 0.717) is 18.6 Å². The summed E-state index contributed by atoms with van der Waals surface area (Å²) in [5.41, 5.74) is 3.76. The van der Waals surface area contributed by atoms with E-state index in [4.69, 9.17) is 4.99 Å². The summed E-state index contributed by atoms with van der Waals surface area (Å²) in [5.74, 6) is 1.94. The van der Waals surface area contributed by atoms with E-state index >= 15 is 0 Å². The second kappa shape index (κ2) is 8.49. The number of amides is 1. The van der Waals surface area contributed by atoms with Crippen LogP contribution in [0.4, 0.5) is 5.69 Å². The first-order valence-electron chi connectivity index (χ1n) is 12.4. The van der Waals surface area contributed by atoms with E-state index in [2.05, 4.69) is 56.8 Å². The number of aliphatic imine (C=N–C) groups is 1. The Kier molecular flexibility index (Phi) is 5.33. The molecular weight excluding hydrogens is 410 g/mol. The van der Waals surface area contributed by atoms with Gasteiger partial charge >= 0.3 is 0 Å². The van der Waals surface area contributed by atoms with Crippen molar-refractivity contribution in [2.45, 2.75) is 49.6 Å². The average Bonchev–Trinajstić information content (AvgIpc) is 3.42. The summed E-state index contributed by atoms with van der Waals surface area (Å²) in [6, 6.07) is 19.8. The van der Waals surface area contributed by atoms with Gasteiger partial charge in [0.05, 0.1) is 19.0 Å². The van der Waals surface area contributed by atoms with E-state index < -0.39 is 5.54 Å². The van der Waals surface area contributed by atoms with Crippen LogP contribution in [-0.2, 0) is 11.2 Å². The third-order valence-corrected chi connectivity index (χ3v) is 8.24. The molecule has 1 amide bonds. The number of anilines is 1. The Morgan fingerprint density at radius 1 is 1.03 bits per heavy atom. The fourth-order valence-electron chi connectivity index (χ4n) is 6.37. The van der Waals surface area contributed by atoms with Gasteiger partial charge in [0.2, 0.25) is 5.91 Å². The maximum atomic E-state index is 12.8. The lowest BCUT2D eigenvalue weighted by atomic mass is 9.80. The van der Waals surface area contributed by atoms with Crippen LogP contribution >= 0.6 is 0 Å². The van der Waals surface area contributed by atoms with E-state index in [0.717, 1.165) is 51.1 Å². The summed E-state index contributed by atoms with van der Waals surface area (Å²) in [7, 11) is 0. The van der Waals surface area contributed by atoms with Crippen LogP contribution in [0.5, 0.6) is 0 Å². The molecule has 0 saturated carbocycles. The molecule has 33 heavy (non-hydrogen) atoms. The van der Waals surface area contributed by atoms with Crippen LogP contribution in [0.25, 0.3) is 0 Å². The number of carbonyl (C=O) groups is 1. The second-order valence-electron chi connectivity index (χ2n) is 9.93. The van der Waals surface area contributed by atoms with Crippen molar-refractivity contribution < 1.29 is 4.79 Å². The highest BCUT2D eigenvalue weighted by Gasteiger charge is 2.50. The zero-order valence-corrected chi connectivity index (χ0v) is 19.2. The normalized spacial score (nSPS) is 27.3. The van der Waals surface area contributed by atoms with Crippen molar-refractivity contribution in [2.24, 2.45) is 4.99 Å². The van der Waals surface area contributed by atoms with Crippen LogP contribution < -0.4 is 15.5 Å². The van der Waals surface area contributed by atoms with Crippen LogP contribution in [0.1, 0.15) is 42.7 Å². The summed E-state index contributed by atoms with van der Waals surface area (Å²) in [4.78, 5) is 22.5. The summed E-state index contributed by atoms with van der Waals surface area (Å²) >= 11 is 0. The molecule has 1 spiro atoms. The highest BCUT2D eigenvalue weighted by Crippen LogP contribution is 2.38. The Morgan fingerprint density at radius 2 is 1.82 bits per heavy atom. The summed E-state index contributed by atoms with van der Waals surface area (Å²) in [5, 5.41) is 6.81. The molecule has 2 aromatic carbocycles. The molecule has 1 aliphatic carbocycles. The SMILES string of the molecule is O=C1NCN(c2ccccc2)C12CCN(CCN=C1C[C@H]3c4ccccc4CC[C@H]3N1)CC2. The van der Waals surface area contributed by atoms with Crippen molar-refractivity contribution >= 4 is 17.4 Å². The minimum Gasteiger partial charge on any atom is -0.370 e. The Balaban J connectivity index is 1.05. The van der Waals surface area contributed by atoms with Gasteiger partial charge in [-0.2, -0.15) is 0 Å². The number of hydrogen-bond acceptors (Lipinski definition) is 4. The molecule has 3 saturated heterocycles. The molecule has 172 valence electrons. The maximum Gasteiger partial charge on any atom is 0.247 e. The molecule has 6 nitrogen and oxygen atoms in total. The van der Waals surface area contributed by atoms with Crippen molar-refractivity contribution in [2.75, 3.05) is 37.7 Å². The summed E-state index contributed by atoms with van der Waals surface area (Å²) in [6.07, 6.45) is 5.14. The van der Waals surface area contributed by atoms with Crippen LogP contribution in [-0.4, -0.2) is 61.1 Å². The minimum atomic E-state index is -0.403. The maximum absolute atomic E-state index is 12.8. The van der Waals surface area contributed by atoms with Gasteiger partial charge in [0, 0.05) is 43.7 Å². The van der Waals surface area contributed by atoms with Crippen LogP contribution in [0, 0.1) is 0 Å². The molecule has 0 radical (unpaired) electrons. The van der Waals surface area contributed by atoms with E-state index in [-0.39, 0.29) is 5.91 Å². The molecule has 0 bridgehead atoms. The third-order valence-electron chi connectivity index (χ3n) is 8.24. The number of fused-ring (bicyclic) bond motifs is 3. The van der Waals surface area contributed by atoms with Gasteiger partial charge in [-0.15, -0.1) is 0 Å².